The number of aliphatic carboxylic acids is 1. The first-order valence-corrected chi connectivity index (χ1v) is 7.88. The Labute approximate surface area is 120 Å². The van der Waals surface area contributed by atoms with Crippen LogP contribution in [0.15, 0.2) is 15.9 Å². The minimum atomic E-state index is -0.663. The van der Waals surface area contributed by atoms with E-state index in [0.29, 0.717) is 18.4 Å². The van der Waals surface area contributed by atoms with E-state index in [4.69, 9.17) is 5.11 Å². The van der Waals surface area contributed by atoms with Gasteiger partial charge in [-0.15, -0.1) is 11.3 Å². The third kappa shape index (κ3) is 3.56. The fourth-order valence-electron chi connectivity index (χ4n) is 2.52. The number of likely N-dealkylation sites (tertiary alicyclic amines) is 1. The minimum absolute atomic E-state index is 0.326. The van der Waals surface area contributed by atoms with Crippen molar-refractivity contribution in [3.05, 3.63) is 20.8 Å². The van der Waals surface area contributed by atoms with Gasteiger partial charge in [-0.05, 0) is 66.8 Å². The molecule has 1 aromatic heterocycles. The molecule has 0 spiro atoms. The number of hydrogen-bond acceptors (Lipinski definition) is 3. The van der Waals surface area contributed by atoms with Crippen molar-refractivity contribution in [2.45, 2.75) is 32.2 Å². The predicted molar refractivity (Wildman–Crippen MR) is 77.0 cm³/mol. The lowest BCUT2D eigenvalue weighted by Gasteiger charge is -2.35. The van der Waals surface area contributed by atoms with Gasteiger partial charge in [0.2, 0.25) is 0 Å². The van der Waals surface area contributed by atoms with E-state index in [1.54, 1.807) is 11.3 Å². The summed E-state index contributed by atoms with van der Waals surface area (Å²) in [5.74, 6) is -0.301. The van der Waals surface area contributed by atoms with Gasteiger partial charge in [-0.3, -0.25) is 9.69 Å². The zero-order valence-corrected chi connectivity index (χ0v) is 12.8. The summed E-state index contributed by atoms with van der Waals surface area (Å²) < 4.78 is 1.17. The second-order valence-corrected chi connectivity index (χ2v) is 7.39. The molecule has 1 unspecified atom stereocenters. The maximum absolute atomic E-state index is 10.7. The van der Waals surface area contributed by atoms with Crippen LogP contribution in [0, 0.1) is 5.92 Å². The molecule has 3 nitrogen and oxygen atoms in total. The Morgan fingerprint density at radius 1 is 1.56 bits per heavy atom. The molecular weight excluding hydrogens is 314 g/mol. The van der Waals surface area contributed by atoms with Gasteiger partial charge in [0, 0.05) is 17.3 Å². The second-order valence-electron chi connectivity index (χ2n) is 4.90. The summed E-state index contributed by atoms with van der Waals surface area (Å²) in [6.45, 7) is 4.25. The standard InChI is InChI=1S/C13H18BrNO2S/c1-9(11-2-3-12(14)18-11)15-6-4-10(5-7-15)8-13(16)17/h2-3,9-10H,4-8H2,1H3,(H,16,17). The Hall–Kier alpha value is -0.390. The van der Waals surface area contributed by atoms with Crippen molar-refractivity contribution in [2.24, 2.45) is 5.92 Å². The number of carboxylic acid groups (broad SMARTS) is 1. The molecular formula is C13H18BrNO2S. The van der Waals surface area contributed by atoms with Crippen LogP contribution < -0.4 is 0 Å². The molecule has 0 aromatic carbocycles. The van der Waals surface area contributed by atoms with Crippen molar-refractivity contribution in [1.82, 2.24) is 4.90 Å². The van der Waals surface area contributed by atoms with Crippen LogP contribution in [-0.2, 0) is 4.79 Å². The Kier molecular flexibility index (Phi) is 4.81. The van der Waals surface area contributed by atoms with Gasteiger partial charge in [0.15, 0.2) is 0 Å². The van der Waals surface area contributed by atoms with Crippen LogP contribution in [0.25, 0.3) is 0 Å². The van der Waals surface area contributed by atoms with E-state index in [9.17, 15) is 4.79 Å². The average molecular weight is 332 g/mol. The predicted octanol–water partition coefficient (Wildman–Crippen LogP) is 3.76. The summed E-state index contributed by atoms with van der Waals surface area (Å²) in [4.78, 5) is 14.5. The molecule has 18 heavy (non-hydrogen) atoms. The van der Waals surface area contributed by atoms with Gasteiger partial charge < -0.3 is 5.11 Å². The Morgan fingerprint density at radius 2 is 2.22 bits per heavy atom. The fourth-order valence-corrected chi connectivity index (χ4v) is 4.03. The summed E-state index contributed by atoms with van der Waals surface area (Å²) in [6, 6.07) is 4.70. The summed E-state index contributed by atoms with van der Waals surface area (Å²) in [5, 5.41) is 8.80. The van der Waals surface area contributed by atoms with Crippen LogP contribution in [0.2, 0.25) is 0 Å². The largest absolute Gasteiger partial charge is 0.481 e. The quantitative estimate of drug-likeness (QED) is 0.913. The Bertz CT molecular complexity index is 413. The van der Waals surface area contributed by atoms with Crippen molar-refractivity contribution < 1.29 is 9.90 Å². The number of carboxylic acids is 1. The van der Waals surface area contributed by atoms with Crippen LogP contribution >= 0.6 is 27.3 Å². The molecule has 1 aliphatic heterocycles. The number of halogens is 1. The van der Waals surface area contributed by atoms with Gasteiger partial charge in [0.25, 0.3) is 0 Å². The Morgan fingerprint density at radius 3 is 2.72 bits per heavy atom. The van der Waals surface area contributed by atoms with Gasteiger partial charge in [-0.25, -0.2) is 0 Å². The van der Waals surface area contributed by atoms with E-state index in [1.807, 2.05) is 0 Å². The highest BCUT2D eigenvalue weighted by atomic mass is 79.9. The van der Waals surface area contributed by atoms with E-state index in [1.165, 1.54) is 8.66 Å². The van der Waals surface area contributed by atoms with Gasteiger partial charge in [-0.1, -0.05) is 0 Å². The summed E-state index contributed by atoms with van der Waals surface area (Å²) in [5.41, 5.74) is 0. The molecule has 1 aromatic rings. The van der Waals surface area contributed by atoms with E-state index >= 15 is 0 Å². The van der Waals surface area contributed by atoms with Crippen molar-refractivity contribution in [2.75, 3.05) is 13.1 Å². The first-order chi connectivity index (χ1) is 8.56. The lowest BCUT2D eigenvalue weighted by molar-refractivity contribution is -0.138. The van der Waals surface area contributed by atoms with Crippen LogP contribution in [0.3, 0.4) is 0 Å². The smallest absolute Gasteiger partial charge is 0.303 e. The van der Waals surface area contributed by atoms with Crippen molar-refractivity contribution >= 4 is 33.2 Å². The molecule has 1 aliphatic rings. The summed E-state index contributed by atoms with van der Waals surface area (Å²) >= 11 is 5.28. The maximum atomic E-state index is 10.7. The lowest BCUT2D eigenvalue weighted by atomic mass is 9.93. The van der Waals surface area contributed by atoms with Crippen molar-refractivity contribution in [3.63, 3.8) is 0 Å². The van der Waals surface area contributed by atoms with Crippen molar-refractivity contribution in [3.8, 4) is 0 Å². The zero-order valence-electron chi connectivity index (χ0n) is 10.4. The highest BCUT2D eigenvalue weighted by Gasteiger charge is 2.25. The fraction of sp³-hybridized carbons (Fsp3) is 0.615. The first kappa shape index (κ1) is 14.0. The van der Waals surface area contributed by atoms with Crippen LogP contribution in [0.5, 0.6) is 0 Å². The number of piperidine rings is 1. The number of rotatable bonds is 4. The zero-order chi connectivity index (χ0) is 13.1. The molecule has 0 radical (unpaired) electrons. The molecule has 0 saturated carbocycles. The van der Waals surface area contributed by atoms with Gasteiger partial charge in [-0.2, -0.15) is 0 Å². The number of thiophene rings is 1. The van der Waals surface area contributed by atoms with E-state index in [0.717, 1.165) is 25.9 Å². The lowest BCUT2D eigenvalue weighted by Crippen LogP contribution is -2.35. The van der Waals surface area contributed by atoms with Crippen LogP contribution in [0.4, 0.5) is 0 Å². The highest BCUT2D eigenvalue weighted by molar-refractivity contribution is 9.11. The molecule has 1 N–H and O–H groups in total. The normalized spacial score (nSPS) is 19.9. The van der Waals surface area contributed by atoms with E-state index in [2.05, 4.69) is 39.9 Å². The number of carbonyl (C=O) groups is 1. The monoisotopic (exact) mass is 331 g/mol. The SMILES string of the molecule is CC(c1ccc(Br)s1)N1CCC(CC(=O)O)CC1. The maximum Gasteiger partial charge on any atom is 0.303 e. The molecule has 0 aliphatic carbocycles. The Balaban J connectivity index is 1.87. The number of hydrogen-bond donors (Lipinski definition) is 1. The van der Waals surface area contributed by atoms with E-state index < -0.39 is 5.97 Å². The summed E-state index contributed by atoms with van der Waals surface area (Å²) in [6.07, 6.45) is 2.33. The molecule has 100 valence electrons. The molecule has 2 rings (SSSR count). The van der Waals surface area contributed by atoms with Crippen LogP contribution in [0.1, 0.15) is 37.1 Å². The highest BCUT2D eigenvalue weighted by Crippen LogP contribution is 2.33. The molecule has 2 heterocycles. The molecule has 0 amide bonds. The molecule has 1 fully saturated rings. The third-order valence-electron chi connectivity index (χ3n) is 3.67. The van der Waals surface area contributed by atoms with E-state index in [-0.39, 0.29) is 0 Å². The first-order valence-electron chi connectivity index (χ1n) is 6.27. The second kappa shape index (κ2) is 6.17. The average Bonchev–Trinajstić information content (AvgIpc) is 2.75. The molecule has 1 atom stereocenters. The topological polar surface area (TPSA) is 40.5 Å². The van der Waals surface area contributed by atoms with Crippen LogP contribution in [-0.4, -0.2) is 29.1 Å². The third-order valence-corrected chi connectivity index (χ3v) is 5.46. The number of nitrogens with zero attached hydrogens (tertiary/aromatic N) is 1. The molecule has 5 heteroatoms. The molecule has 1 saturated heterocycles. The van der Waals surface area contributed by atoms with Gasteiger partial charge >= 0.3 is 5.97 Å². The van der Waals surface area contributed by atoms with Gasteiger partial charge in [0.1, 0.15) is 0 Å². The van der Waals surface area contributed by atoms with Gasteiger partial charge in [0.05, 0.1) is 3.79 Å². The molecule has 0 bridgehead atoms. The minimum Gasteiger partial charge on any atom is -0.481 e. The summed E-state index contributed by atoms with van der Waals surface area (Å²) in [7, 11) is 0. The van der Waals surface area contributed by atoms with Crippen molar-refractivity contribution in [1.29, 1.82) is 0 Å².